The molecule has 0 aromatic heterocycles. The zero-order valence-electron chi connectivity index (χ0n) is 21.6. The van der Waals surface area contributed by atoms with Crippen molar-refractivity contribution in [3.63, 3.8) is 0 Å². The lowest BCUT2D eigenvalue weighted by Crippen LogP contribution is -2.46. The lowest BCUT2D eigenvalue weighted by atomic mass is 9.77. The Morgan fingerprint density at radius 2 is 1.16 bits per heavy atom. The second-order valence-corrected chi connectivity index (χ2v) is 9.88. The molecular formula is C32H39N3O2. The van der Waals surface area contributed by atoms with Crippen LogP contribution in [0.3, 0.4) is 0 Å². The van der Waals surface area contributed by atoms with E-state index in [1.165, 1.54) is 19.3 Å². The minimum Gasteiger partial charge on any atom is -0.356 e. The third kappa shape index (κ3) is 7.30. The largest absolute Gasteiger partial charge is 0.356 e. The fourth-order valence-corrected chi connectivity index (χ4v) is 5.35. The molecule has 3 aromatic carbocycles. The Morgan fingerprint density at radius 1 is 0.649 bits per heavy atom. The standard InChI is InChI=1S/C32H39N3O2/c36-30(33-24-13-22-31(37)35-29-20-11-4-12-21-29)23-25-34-32(26-14-5-1-6-15-26,27-16-7-2-8-17-27)28-18-9-3-10-19-28/h1-3,5-10,14-19,29,34H,4,11-13,20-25H2,(H,33,36)(H,35,37). The first-order chi connectivity index (χ1) is 18.2. The summed E-state index contributed by atoms with van der Waals surface area (Å²) in [6.45, 7) is 1.02. The van der Waals surface area contributed by atoms with E-state index in [9.17, 15) is 9.59 Å². The van der Waals surface area contributed by atoms with Gasteiger partial charge >= 0.3 is 0 Å². The zero-order chi connectivity index (χ0) is 25.8. The fourth-order valence-electron chi connectivity index (χ4n) is 5.35. The third-order valence-electron chi connectivity index (χ3n) is 7.24. The van der Waals surface area contributed by atoms with E-state index in [4.69, 9.17) is 0 Å². The number of hydrogen-bond donors (Lipinski definition) is 3. The number of carbonyl (C=O) groups excluding carboxylic acids is 2. The van der Waals surface area contributed by atoms with Gasteiger partial charge in [-0.05, 0) is 36.0 Å². The van der Waals surface area contributed by atoms with Gasteiger partial charge < -0.3 is 10.6 Å². The van der Waals surface area contributed by atoms with Crippen LogP contribution in [0.25, 0.3) is 0 Å². The molecule has 0 bridgehead atoms. The third-order valence-corrected chi connectivity index (χ3v) is 7.24. The summed E-state index contributed by atoms with van der Waals surface area (Å²) in [5.41, 5.74) is 2.78. The maximum atomic E-state index is 12.6. The molecule has 2 amide bonds. The summed E-state index contributed by atoms with van der Waals surface area (Å²) in [7, 11) is 0. The topological polar surface area (TPSA) is 70.2 Å². The Hall–Kier alpha value is -3.44. The number of benzene rings is 3. The van der Waals surface area contributed by atoms with Crippen molar-refractivity contribution in [3.05, 3.63) is 108 Å². The predicted molar refractivity (Wildman–Crippen MR) is 149 cm³/mol. The van der Waals surface area contributed by atoms with Gasteiger partial charge in [-0.3, -0.25) is 14.9 Å². The Balaban J connectivity index is 1.34. The molecule has 3 N–H and O–H groups in total. The molecule has 0 radical (unpaired) electrons. The monoisotopic (exact) mass is 497 g/mol. The van der Waals surface area contributed by atoms with Crippen LogP contribution in [0.4, 0.5) is 0 Å². The van der Waals surface area contributed by atoms with Crippen molar-refractivity contribution in [1.29, 1.82) is 0 Å². The van der Waals surface area contributed by atoms with Gasteiger partial charge in [-0.2, -0.15) is 0 Å². The summed E-state index contributed by atoms with van der Waals surface area (Å²) in [5, 5.41) is 9.87. The van der Waals surface area contributed by atoms with E-state index in [-0.39, 0.29) is 11.8 Å². The van der Waals surface area contributed by atoms with E-state index in [1.807, 2.05) is 18.2 Å². The van der Waals surface area contributed by atoms with Gasteiger partial charge in [-0.25, -0.2) is 0 Å². The molecule has 1 aliphatic carbocycles. The van der Waals surface area contributed by atoms with Crippen molar-refractivity contribution in [2.24, 2.45) is 0 Å². The fraction of sp³-hybridized carbons (Fsp3) is 0.375. The van der Waals surface area contributed by atoms with E-state index in [0.717, 1.165) is 29.5 Å². The van der Waals surface area contributed by atoms with Crippen LogP contribution in [0, 0.1) is 0 Å². The Labute approximate surface area is 221 Å². The van der Waals surface area contributed by atoms with E-state index >= 15 is 0 Å². The van der Waals surface area contributed by atoms with Crippen LogP contribution in [-0.2, 0) is 15.1 Å². The van der Waals surface area contributed by atoms with Gasteiger partial charge in [0, 0.05) is 32.0 Å². The average Bonchev–Trinajstić information content (AvgIpc) is 2.95. The SMILES string of the molecule is O=C(CCNC(c1ccccc1)(c1ccccc1)c1ccccc1)NCCCC(=O)NC1CCCCC1. The summed E-state index contributed by atoms with van der Waals surface area (Å²) in [6.07, 6.45) is 7.31. The second kappa shape index (κ2) is 13.8. The number of hydrogen-bond acceptors (Lipinski definition) is 3. The van der Waals surface area contributed by atoms with E-state index in [0.29, 0.717) is 38.4 Å². The minimum atomic E-state index is -0.582. The normalized spacial score (nSPS) is 14.2. The molecule has 37 heavy (non-hydrogen) atoms. The van der Waals surface area contributed by atoms with Crippen molar-refractivity contribution in [1.82, 2.24) is 16.0 Å². The van der Waals surface area contributed by atoms with Gasteiger partial charge in [0.25, 0.3) is 0 Å². The molecule has 0 atom stereocenters. The molecule has 0 saturated heterocycles. The van der Waals surface area contributed by atoms with Crippen LogP contribution in [0.2, 0.25) is 0 Å². The molecule has 0 aliphatic heterocycles. The van der Waals surface area contributed by atoms with Crippen LogP contribution in [0.1, 0.15) is 68.1 Å². The maximum Gasteiger partial charge on any atom is 0.221 e. The van der Waals surface area contributed by atoms with Crippen molar-refractivity contribution in [2.45, 2.75) is 62.9 Å². The van der Waals surface area contributed by atoms with E-state index < -0.39 is 5.54 Å². The first kappa shape index (κ1) is 26.6. The van der Waals surface area contributed by atoms with Crippen LogP contribution in [-0.4, -0.2) is 30.9 Å². The Bertz CT molecular complexity index is 1000. The van der Waals surface area contributed by atoms with Crippen molar-refractivity contribution in [3.8, 4) is 0 Å². The quantitative estimate of drug-likeness (QED) is 0.235. The average molecular weight is 498 g/mol. The first-order valence-corrected chi connectivity index (χ1v) is 13.7. The number of carbonyl (C=O) groups is 2. The Kier molecular flexibility index (Phi) is 9.89. The second-order valence-electron chi connectivity index (χ2n) is 9.88. The molecule has 5 heteroatoms. The van der Waals surface area contributed by atoms with Crippen LogP contribution >= 0.6 is 0 Å². The molecule has 1 saturated carbocycles. The molecule has 194 valence electrons. The van der Waals surface area contributed by atoms with Crippen molar-refractivity contribution in [2.75, 3.05) is 13.1 Å². The predicted octanol–water partition coefficient (Wildman–Crippen LogP) is 5.30. The van der Waals surface area contributed by atoms with Gasteiger partial charge in [-0.1, -0.05) is 110 Å². The first-order valence-electron chi connectivity index (χ1n) is 13.7. The van der Waals surface area contributed by atoms with E-state index in [1.54, 1.807) is 0 Å². The van der Waals surface area contributed by atoms with Gasteiger partial charge in [0.05, 0.1) is 5.54 Å². The molecule has 4 rings (SSSR count). The number of nitrogens with one attached hydrogen (secondary N) is 3. The van der Waals surface area contributed by atoms with Gasteiger partial charge in [0.15, 0.2) is 0 Å². The van der Waals surface area contributed by atoms with Gasteiger partial charge in [-0.15, -0.1) is 0 Å². The van der Waals surface area contributed by atoms with Crippen molar-refractivity contribution < 1.29 is 9.59 Å². The summed E-state index contributed by atoms with van der Waals surface area (Å²) in [5.74, 6) is 0.0875. The molecule has 1 fully saturated rings. The summed E-state index contributed by atoms with van der Waals surface area (Å²) in [6, 6.07) is 31.5. The molecule has 3 aromatic rings. The molecule has 0 unspecified atom stereocenters. The van der Waals surface area contributed by atoms with Crippen LogP contribution in [0.15, 0.2) is 91.0 Å². The zero-order valence-corrected chi connectivity index (χ0v) is 21.6. The van der Waals surface area contributed by atoms with E-state index in [2.05, 4.69) is 88.7 Å². The molecule has 1 aliphatic rings. The van der Waals surface area contributed by atoms with Gasteiger partial charge in [0.2, 0.25) is 11.8 Å². The molecule has 0 spiro atoms. The number of rotatable bonds is 12. The summed E-state index contributed by atoms with van der Waals surface area (Å²) in [4.78, 5) is 24.9. The highest BCUT2D eigenvalue weighted by atomic mass is 16.2. The molecule has 5 nitrogen and oxygen atoms in total. The lowest BCUT2D eigenvalue weighted by Gasteiger charge is -2.37. The highest BCUT2D eigenvalue weighted by molar-refractivity contribution is 5.77. The maximum absolute atomic E-state index is 12.6. The minimum absolute atomic E-state index is 0.0109. The summed E-state index contributed by atoms with van der Waals surface area (Å²) < 4.78 is 0. The summed E-state index contributed by atoms with van der Waals surface area (Å²) >= 11 is 0. The lowest BCUT2D eigenvalue weighted by molar-refractivity contribution is -0.123. The van der Waals surface area contributed by atoms with Crippen molar-refractivity contribution >= 4 is 11.8 Å². The Morgan fingerprint density at radius 3 is 1.68 bits per heavy atom. The smallest absolute Gasteiger partial charge is 0.221 e. The number of amides is 2. The van der Waals surface area contributed by atoms with Crippen LogP contribution < -0.4 is 16.0 Å². The highest BCUT2D eigenvalue weighted by Gasteiger charge is 2.35. The molecule has 0 heterocycles. The highest BCUT2D eigenvalue weighted by Crippen LogP contribution is 2.36. The van der Waals surface area contributed by atoms with Gasteiger partial charge in [0.1, 0.15) is 0 Å². The molecular weight excluding hydrogens is 458 g/mol. The van der Waals surface area contributed by atoms with Crippen LogP contribution in [0.5, 0.6) is 0 Å².